The largest absolute Gasteiger partial charge is 0.443 e. The maximum Gasteiger partial charge on any atom is 0.443 e. The average Bonchev–Trinajstić information content (AvgIpc) is 2.77. The molecule has 0 fully saturated rings. The Morgan fingerprint density at radius 1 is 1.21 bits per heavy atom. The number of hydrogen-bond donors (Lipinski definition) is 1. The van der Waals surface area contributed by atoms with Gasteiger partial charge in [-0.3, -0.25) is 0 Å². The van der Waals surface area contributed by atoms with Crippen LogP contribution in [0.4, 0.5) is 13.2 Å². The molecule has 1 aromatic heterocycles. The zero-order valence-corrected chi connectivity index (χ0v) is 11.4. The highest BCUT2D eigenvalue weighted by molar-refractivity contribution is 7.11. The smallest absolute Gasteiger partial charge is 0.383 e. The van der Waals surface area contributed by atoms with E-state index in [0.29, 0.717) is 11.3 Å². The van der Waals surface area contributed by atoms with Gasteiger partial charge in [0.1, 0.15) is 6.10 Å². The molecule has 0 aliphatic rings. The van der Waals surface area contributed by atoms with Crippen molar-refractivity contribution in [2.75, 3.05) is 0 Å². The Morgan fingerprint density at radius 2 is 1.79 bits per heavy atom. The first-order valence-electron chi connectivity index (χ1n) is 4.95. The fourth-order valence-corrected chi connectivity index (χ4v) is 2.84. The predicted octanol–water partition coefficient (Wildman–Crippen LogP) is 4.55. The van der Waals surface area contributed by atoms with Crippen LogP contribution in [0.1, 0.15) is 21.6 Å². The normalized spacial score (nSPS) is 13.6. The molecule has 19 heavy (non-hydrogen) atoms. The van der Waals surface area contributed by atoms with Gasteiger partial charge in [-0.25, -0.2) is 4.98 Å². The van der Waals surface area contributed by atoms with Gasteiger partial charge in [-0.15, -0.1) is 11.3 Å². The molecule has 1 aromatic carbocycles. The van der Waals surface area contributed by atoms with Crippen LogP contribution in [0.3, 0.4) is 0 Å². The van der Waals surface area contributed by atoms with Gasteiger partial charge in [-0.05, 0) is 12.1 Å². The van der Waals surface area contributed by atoms with Crippen LogP contribution in [-0.4, -0.2) is 10.1 Å². The van der Waals surface area contributed by atoms with E-state index in [2.05, 4.69) is 4.98 Å². The van der Waals surface area contributed by atoms with Crippen LogP contribution in [0.5, 0.6) is 0 Å². The van der Waals surface area contributed by atoms with E-state index in [-0.39, 0.29) is 20.5 Å². The Kier molecular flexibility index (Phi) is 4.06. The second-order valence-electron chi connectivity index (χ2n) is 3.60. The third kappa shape index (κ3) is 3.02. The molecule has 0 bridgehead atoms. The second-order valence-corrected chi connectivity index (χ2v) is 5.48. The Balaban J connectivity index is 2.40. The van der Waals surface area contributed by atoms with Crippen LogP contribution in [0, 0.1) is 0 Å². The van der Waals surface area contributed by atoms with Crippen LogP contribution in [-0.2, 0) is 6.18 Å². The fraction of sp³-hybridized carbons (Fsp3) is 0.182. The van der Waals surface area contributed by atoms with E-state index in [9.17, 15) is 18.3 Å². The number of halogens is 5. The van der Waals surface area contributed by atoms with Gasteiger partial charge < -0.3 is 5.11 Å². The number of thiazole rings is 1. The van der Waals surface area contributed by atoms with E-state index in [0.717, 1.165) is 6.20 Å². The molecular formula is C11H6Cl2F3NOS. The second kappa shape index (κ2) is 5.28. The summed E-state index contributed by atoms with van der Waals surface area (Å²) < 4.78 is 37.3. The summed E-state index contributed by atoms with van der Waals surface area (Å²) in [6.45, 7) is 0. The summed E-state index contributed by atoms with van der Waals surface area (Å²) in [5.41, 5.74) is 0.170. The number of benzene rings is 1. The number of aliphatic hydroxyl groups is 1. The van der Waals surface area contributed by atoms with Crippen molar-refractivity contribution in [3.05, 3.63) is 49.9 Å². The minimum absolute atomic E-state index is 0.0299. The minimum Gasteiger partial charge on any atom is -0.383 e. The summed E-state index contributed by atoms with van der Waals surface area (Å²) in [5, 5.41) is 9.41. The Morgan fingerprint density at radius 3 is 2.26 bits per heavy atom. The minimum atomic E-state index is -4.53. The van der Waals surface area contributed by atoms with Gasteiger partial charge in [-0.2, -0.15) is 13.2 Å². The number of hydrogen-bond acceptors (Lipinski definition) is 3. The zero-order valence-electron chi connectivity index (χ0n) is 9.08. The lowest BCUT2D eigenvalue weighted by Gasteiger charge is -2.12. The molecule has 1 N–H and O–H groups in total. The lowest BCUT2D eigenvalue weighted by atomic mass is 10.1. The highest BCUT2D eigenvalue weighted by Crippen LogP contribution is 2.39. The SMILES string of the molecule is OC(c1cnc(C(F)(F)F)s1)c1c(Cl)cccc1Cl. The lowest BCUT2D eigenvalue weighted by Crippen LogP contribution is -2.03. The number of nitrogens with zero attached hydrogens (tertiary/aromatic N) is 1. The molecule has 0 saturated heterocycles. The van der Waals surface area contributed by atoms with Gasteiger partial charge in [0.15, 0.2) is 5.01 Å². The summed E-state index contributed by atoms with van der Waals surface area (Å²) >= 11 is 12.1. The molecule has 2 rings (SSSR count). The summed E-state index contributed by atoms with van der Waals surface area (Å²) in [6, 6.07) is 4.57. The zero-order chi connectivity index (χ0) is 14.2. The Labute approximate surface area is 120 Å². The van der Waals surface area contributed by atoms with Crippen molar-refractivity contribution in [2.45, 2.75) is 12.3 Å². The standard InChI is InChI=1S/C11H6Cl2F3NOS/c12-5-2-1-3-6(13)8(5)9(18)7-4-17-10(19-7)11(14,15)16/h1-4,9,18H. The third-order valence-corrected chi connectivity index (χ3v) is 4.06. The molecule has 102 valence electrons. The van der Waals surface area contributed by atoms with Crippen LogP contribution in [0.15, 0.2) is 24.4 Å². The fourth-order valence-electron chi connectivity index (χ4n) is 1.46. The van der Waals surface area contributed by atoms with Crippen molar-refractivity contribution in [2.24, 2.45) is 0 Å². The molecule has 0 radical (unpaired) electrons. The molecule has 0 spiro atoms. The predicted molar refractivity (Wildman–Crippen MR) is 67.6 cm³/mol. The van der Waals surface area contributed by atoms with Crippen LogP contribution < -0.4 is 0 Å². The van der Waals surface area contributed by atoms with Crippen LogP contribution >= 0.6 is 34.5 Å². The van der Waals surface area contributed by atoms with Gasteiger partial charge in [0.25, 0.3) is 0 Å². The first kappa shape index (κ1) is 14.6. The molecule has 8 heteroatoms. The molecular weight excluding hydrogens is 322 g/mol. The number of alkyl halides is 3. The van der Waals surface area contributed by atoms with Gasteiger partial charge >= 0.3 is 6.18 Å². The van der Waals surface area contributed by atoms with Crippen molar-refractivity contribution in [1.82, 2.24) is 4.98 Å². The van der Waals surface area contributed by atoms with E-state index >= 15 is 0 Å². The maximum absolute atomic E-state index is 12.4. The molecule has 2 nitrogen and oxygen atoms in total. The quantitative estimate of drug-likeness (QED) is 0.877. The Hall–Kier alpha value is -0.820. The van der Waals surface area contributed by atoms with Crippen molar-refractivity contribution in [3.8, 4) is 0 Å². The van der Waals surface area contributed by atoms with E-state index in [1.165, 1.54) is 12.1 Å². The van der Waals surface area contributed by atoms with E-state index in [1.54, 1.807) is 6.07 Å². The monoisotopic (exact) mass is 327 g/mol. The number of aromatic nitrogens is 1. The molecule has 0 saturated carbocycles. The van der Waals surface area contributed by atoms with Crippen molar-refractivity contribution >= 4 is 34.5 Å². The van der Waals surface area contributed by atoms with Gasteiger partial charge in [0.05, 0.1) is 4.88 Å². The summed E-state index contributed by atoms with van der Waals surface area (Å²) in [4.78, 5) is 3.27. The number of aliphatic hydroxyl groups excluding tert-OH is 1. The molecule has 2 aromatic rings. The third-order valence-electron chi connectivity index (χ3n) is 2.31. The first-order chi connectivity index (χ1) is 8.80. The molecule has 0 aliphatic heterocycles. The Bertz CT molecular complexity index is 580. The molecule has 1 atom stereocenters. The molecule has 1 unspecified atom stereocenters. The number of rotatable bonds is 2. The first-order valence-corrected chi connectivity index (χ1v) is 6.53. The summed E-state index contributed by atoms with van der Waals surface area (Å²) in [7, 11) is 0. The van der Waals surface area contributed by atoms with E-state index in [4.69, 9.17) is 23.2 Å². The van der Waals surface area contributed by atoms with Gasteiger partial charge in [0.2, 0.25) is 0 Å². The molecule has 1 heterocycles. The van der Waals surface area contributed by atoms with E-state index < -0.39 is 17.3 Å². The molecule has 0 amide bonds. The summed E-state index contributed by atoms with van der Waals surface area (Å²) in [6.07, 6.45) is -4.90. The van der Waals surface area contributed by atoms with E-state index in [1.807, 2.05) is 0 Å². The van der Waals surface area contributed by atoms with Gasteiger partial charge in [-0.1, -0.05) is 29.3 Å². The lowest BCUT2D eigenvalue weighted by molar-refractivity contribution is -0.137. The van der Waals surface area contributed by atoms with Crippen LogP contribution in [0.25, 0.3) is 0 Å². The van der Waals surface area contributed by atoms with Gasteiger partial charge in [0, 0.05) is 21.8 Å². The highest BCUT2D eigenvalue weighted by Gasteiger charge is 2.35. The average molecular weight is 328 g/mol. The van der Waals surface area contributed by atoms with Crippen molar-refractivity contribution in [3.63, 3.8) is 0 Å². The molecule has 0 aliphatic carbocycles. The van der Waals surface area contributed by atoms with Crippen molar-refractivity contribution < 1.29 is 18.3 Å². The summed E-state index contributed by atoms with van der Waals surface area (Å²) in [5.74, 6) is 0. The van der Waals surface area contributed by atoms with Crippen molar-refractivity contribution in [1.29, 1.82) is 0 Å². The highest BCUT2D eigenvalue weighted by atomic mass is 35.5. The van der Waals surface area contributed by atoms with Crippen LogP contribution in [0.2, 0.25) is 10.0 Å². The maximum atomic E-state index is 12.4. The topological polar surface area (TPSA) is 33.1 Å².